The average Bonchev–Trinajstić information content (AvgIpc) is 2.42. The lowest BCUT2D eigenvalue weighted by molar-refractivity contribution is -0.120. The molecule has 1 amide bonds. The first-order chi connectivity index (χ1) is 8.74. The van der Waals surface area contributed by atoms with Gasteiger partial charge in [0.05, 0.1) is 5.25 Å². The van der Waals surface area contributed by atoms with Crippen LogP contribution in [0.3, 0.4) is 0 Å². The highest BCUT2D eigenvalue weighted by Gasteiger charge is 2.12. The van der Waals surface area contributed by atoms with E-state index >= 15 is 0 Å². The minimum absolute atomic E-state index is 0.0206. The molecule has 0 radical (unpaired) electrons. The number of rotatable bonds is 8. The SMILES string of the molecule is COCCCNC(=O)C(C)SCc1ccccc1. The molecule has 0 bridgehead atoms. The summed E-state index contributed by atoms with van der Waals surface area (Å²) < 4.78 is 4.93. The van der Waals surface area contributed by atoms with Gasteiger partial charge in [-0.1, -0.05) is 30.3 Å². The number of nitrogens with one attached hydrogen (secondary N) is 1. The molecule has 0 spiro atoms. The Bertz CT molecular complexity index is 343. The maximum atomic E-state index is 11.8. The number of ether oxygens (including phenoxy) is 1. The first-order valence-corrected chi connectivity index (χ1v) is 7.21. The van der Waals surface area contributed by atoms with Crippen molar-refractivity contribution in [1.29, 1.82) is 0 Å². The minimum atomic E-state index is -0.0206. The van der Waals surface area contributed by atoms with Crippen LogP contribution in [0.25, 0.3) is 0 Å². The van der Waals surface area contributed by atoms with Gasteiger partial charge in [-0.05, 0) is 18.9 Å². The number of hydrogen-bond donors (Lipinski definition) is 1. The Morgan fingerprint density at radius 1 is 1.39 bits per heavy atom. The molecule has 1 atom stereocenters. The Morgan fingerprint density at radius 3 is 2.78 bits per heavy atom. The predicted molar refractivity (Wildman–Crippen MR) is 76.7 cm³/mol. The highest BCUT2D eigenvalue weighted by Crippen LogP contribution is 2.17. The van der Waals surface area contributed by atoms with E-state index in [9.17, 15) is 4.79 Å². The van der Waals surface area contributed by atoms with Crippen molar-refractivity contribution in [2.24, 2.45) is 0 Å². The number of carbonyl (C=O) groups is 1. The van der Waals surface area contributed by atoms with Crippen molar-refractivity contribution in [2.75, 3.05) is 20.3 Å². The smallest absolute Gasteiger partial charge is 0.232 e. The molecular formula is C14H21NO2S. The van der Waals surface area contributed by atoms with E-state index in [-0.39, 0.29) is 11.2 Å². The standard InChI is InChI=1S/C14H21NO2S/c1-12(14(16)15-9-6-10-17-2)18-11-13-7-4-3-5-8-13/h3-5,7-8,12H,6,9-11H2,1-2H3,(H,15,16). The zero-order valence-corrected chi connectivity index (χ0v) is 11.8. The third kappa shape index (κ3) is 6.07. The quantitative estimate of drug-likeness (QED) is 0.735. The molecule has 0 aliphatic carbocycles. The van der Waals surface area contributed by atoms with E-state index in [4.69, 9.17) is 4.74 Å². The average molecular weight is 267 g/mol. The Morgan fingerprint density at radius 2 is 2.11 bits per heavy atom. The van der Waals surface area contributed by atoms with Crippen LogP contribution in [-0.2, 0) is 15.3 Å². The molecule has 4 heteroatoms. The van der Waals surface area contributed by atoms with Crippen LogP contribution < -0.4 is 5.32 Å². The fourth-order valence-electron chi connectivity index (χ4n) is 1.44. The van der Waals surface area contributed by atoms with E-state index < -0.39 is 0 Å². The van der Waals surface area contributed by atoms with Crippen LogP contribution >= 0.6 is 11.8 Å². The van der Waals surface area contributed by atoms with Crippen LogP contribution in [0.2, 0.25) is 0 Å². The minimum Gasteiger partial charge on any atom is -0.385 e. The molecule has 0 saturated heterocycles. The lowest BCUT2D eigenvalue weighted by atomic mass is 10.2. The molecule has 1 N–H and O–H groups in total. The van der Waals surface area contributed by atoms with Crippen molar-refractivity contribution in [2.45, 2.75) is 24.3 Å². The number of benzene rings is 1. The maximum absolute atomic E-state index is 11.8. The molecule has 18 heavy (non-hydrogen) atoms. The van der Waals surface area contributed by atoms with E-state index in [0.717, 1.165) is 12.2 Å². The van der Waals surface area contributed by atoms with E-state index in [2.05, 4.69) is 17.4 Å². The second-order valence-electron chi connectivity index (χ2n) is 4.08. The molecule has 0 aliphatic rings. The van der Waals surface area contributed by atoms with Crippen LogP contribution in [0.4, 0.5) is 0 Å². The lowest BCUT2D eigenvalue weighted by Gasteiger charge is -2.11. The largest absolute Gasteiger partial charge is 0.385 e. The molecule has 1 aromatic rings. The number of carbonyl (C=O) groups excluding carboxylic acids is 1. The van der Waals surface area contributed by atoms with Crippen molar-refractivity contribution in [3.8, 4) is 0 Å². The molecule has 1 rings (SSSR count). The van der Waals surface area contributed by atoms with Gasteiger partial charge in [0.2, 0.25) is 5.91 Å². The van der Waals surface area contributed by atoms with Crippen LogP contribution in [-0.4, -0.2) is 31.4 Å². The number of amides is 1. The summed E-state index contributed by atoms with van der Waals surface area (Å²) in [5.74, 6) is 0.972. The molecule has 1 unspecified atom stereocenters. The summed E-state index contributed by atoms with van der Waals surface area (Å²) in [5.41, 5.74) is 1.25. The summed E-state index contributed by atoms with van der Waals surface area (Å²) in [5, 5.41) is 2.89. The highest BCUT2D eigenvalue weighted by atomic mass is 32.2. The van der Waals surface area contributed by atoms with E-state index in [1.54, 1.807) is 18.9 Å². The Balaban J connectivity index is 2.19. The number of thioether (sulfide) groups is 1. The van der Waals surface area contributed by atoms with Gasteiger partial charge in [0.25, 0.3) is 0 Å². The monoisotopic (exact) mass is 267 g/mol. The van der Waals surface area contributed by atoms with Gasteiger partial charge >= 0.3 is 0 Å². The summed E-state index contributed by atoms with van der Waals surface area (Å²) in [6.07, 6.45) is 0.859. The summed E-state index contributed by atoms with van der Waals surface area (Å²) in [6.45, 7) is 3.31. The lowest BCUT2D eigenvalue weighted by Crippen LogP contribution is -2.32. The molecule has 1 aromatic carbocycles. The van der Waals surface area contributed by atoms with E-state index in [0.29, 0.717) is 13.2 Å². The Labute approximate surface area is 113 Å². The normalized spacial score (nSPS) is 12.1. The van der Waals surface area contributed by atoms with Crippen molar-refractivity contribution in [1.82, 2.24) is 5.32 Å². The van der Waals surface area contributed by atoms with Crippen molar-refractivity contribution < 1.29 is 9.53 Å². The summed E-state index contributed by atoms with van der Waals surface area (Å²) in [7, 11) is 1.67. The van der Waals surface area contributed by atoms with Gasteiger partial charge < -0.3 is 10.1 Å². The fraction of sp³-hybridized carbons (Fsp3) is 0.500. The molecule has 0 heterocycles. The Hall–Kier alpha value is -1.00. The van der Waals surface area contributed by atoms with Gasteiger partial charge in [0, 0.05) is 26.0 Å². The number of hydrogen-bond acceptors (Lipinski definition) is 3. The van der Waals surface area contributed by atoms with Gasteiger partial charge in [-0.3, -0.25) is 4.79 Å². The highest BCUT2D eigenvalue weighted by molar-refractivity contribution is 7.99. The van der Waals surface area contributed by atoms with Crippen LogP contribution in [0.5, 0.6) is 0 Å². The first-order valence-electron chi connectivity index (χ1n) is 6.16. The van der Waals surface area contributed by atoms with Crippen LogP contribution in [0, 0.1) is 0 Å². The van der Waals surface area contributed by atoms with Crippen molar-refractivity contribution in [3.05, 3.63) is 35.9 Å². The molecule has 0 fully saturated rings. The van der Waals surface area contributed by atoms with Gasteiger partial charge in [0.1, 0.15) is 0 Å². The van der Waals surface area contributed by atoms with Gasteiger partial charge in [-0.25, -0.2) is 0 Å². The molecular weight excluding hydrogens is 246 g/mol. The molecule has 100 valence electrons. The first kappa shape index (κ1) is 15.1. The molecule has 3 nitrogen and oxygen atoms in total. The van der Waals surface area contributed by atoms with Gasteiger partial charge in [-0.15, -0.1) is 11.8 Å². The topological polar surface area (TPSA) is 38.3 Å². The maximum Gasteiger partial charge on any atom is 0.232 e. The summed E-state index contributed by atoms with van der Waals surface area (Å²) >= 11 is 1.66. The third-order valence-electron chi connectivity index (χ3n) is 2.54. The van der Waals surface area contributed by atoms with Gasteiger partial charge in [-0.2, -0.15) is 0 Å². The molecule has 0 saturated carbocycles. The summed E-state index contributed by atoms with van der Waals surface area (Å²) in [4.78, 5) is 11.8. The third-order valence-corrected chi connectivity index (χ3v) is 3.75. The molecule has 0 aromatic heterocycles. The zero-order valence-electron chi connectivity index (χ0n) is 11.0. The van der Waals surface area contributed by atoms with E-state index in [1.807, 2.05) is 25.1 Å². The van der Waals surface area contributed by atoms with Crippen LogP contribution in [0.1, 0.15) is 18.9 Å². The van der Waals surface area contributed by atoms with Crippen molar-refractivity contribution in [3.63, 3.8) is 0 Å². The zero-order chi connectivity index (χ0) is 13.2. The Kier molecular flexibility index (Phi) is 7.53. The predicted octanol–water partition coefficient (Wildman–Crippen LogP) is 2.46. The number of methoxy groups -OCH3 is 1. The molecule has 0 aliphatic heterocycles. The van der Waals surface area contributed by atoms with Crippen molar-refractivity contribution >= 4 is 17.7 Å². The second-order valence-corrected chi connectivity index (χ2v) is 5.41. The van der Waals surface area contributed by atoms with Gasteiger partial charge in [0.15, 0.2) is 0 Å². The second kappa shape index (κ2) is 9.00. The fourth-order valence-corrected chi connectivity index (χ4v) is 2.31. The van der Waals surface area contributed by atoms with E-state index in [1.165, 1.54) is 5.56 Å². The summed E-state index contributed by atoms with van der Waals surface area (Å²) in [6, 6.07) is 10.2. The van der Waals surface area contributed by atoms with Crippen LogP contribution in [0.15, 0.2) is 30.3 Å².